The summed E-state index contributed by atoms with van der Waals surface area (Å²) < 4.78 is 0. The highest BCUT2D eigenvalue weighted by Crippen LogP contribution is 2.21. The molecular weight excluding hydrogens is 312 g/mol. The van der Waals surface area contributed by atoms with E-state index in [-0.39, 0.29) is 5.91 Å². The van der Waals surface area contributed by atoms with Gasteiger partial charge in [0.25, 0.3) is 0 Å². The van der Waals surface area contributed by atoms with Crippen LogP contribution in [0.25, 0.3) is 0 Å². The third-order valence-corrected chi connectivity index (χ3v) is 5.42. The Bertz CT molecular complexity index is 546. The lowest BCUT2D eigenvalue weighted by atomic mass is 9.90. The third-order valence-electron chi connectivity index (χ3n) is 5.42. The first-order chi connectivity index (χ1) is 12.3. The minimum absolute atomic E-state index is 0.0463. The molecule has 0 radical (unpaired) electrons. The maximum Gasteiger partial charge on any atom is 0.245 e. The molecule has 0 bridgehead atoms. The lowest BCUT2D eigenvalue weighted by Crippen LogP contribution is -3.15. The molecule has 0 aromatic heterocycles. The van der Waals surface area contributed by atoms with E-state index >= 15 is 0 Å². The van der Waals surface area contributed by atoms with E-state index in [0.29, 0.717) is 12.3 Å². The molecule has 2 N–H and O–H groups in total. The predicted octanol–water partition coefficient (Wildman–Crippen LogP) is 1.46. The number of piperazine rings is 1. The lowest BCUT2D eigenvalue weighted by Gasteiger charge is -2.33. The molecule has 5 nitrogen and oxygen atoms in total. The van der Waals surface area contributed by atoms with E-state index in [4.69, 9.17) is 0 Å². The molecule has 0 unspecified atom stereocenters. The highest BCUT2D eigenvalue weighted by molar-refractivity contribution is 5.76. The van der Waals surface area contributed by atoms with Crippen molar-refractivity contribution in [3.8, 4) is 0 Å². The summed E-state index contributed by atoms with van der Waals surface area (Å²) in [5.74, 6) is 0.607. The lowest BCUT2D eigenvalue weighted by molar-refractivity contribution is -0.900. The van der Waals surface area contributed by atoms with Crippen LogP contribution in [-0.4, -0.2) is 44.8 Å². The minimum Gasteiger partial charge on any atom is -0.360 e. The molecule has 1 amide bonds. The molecule has 1 aromatic rings. The second kappa shape index (κ2) is 9.56. The molecule has 2 fully saturated rings. The fourth-order valence-corrected chi connectivity index (χ4v) is 3.81. The Hall–Kier alpha value is -1.88. The van der Waals surface area contributed by atoms with Crippen LogP contribution >= 0.6 is 0 Å². The molecule has 25 heavy (non-hydrogen) atoms. The van der Waals surface area contributed by atoms with Crippen molar-refractivity contribution in [1.82, 2.24) is 5.43 Å². The number of carbonyl (C=O) groups is 1. The molecule has 1 aromatic carbocycles. The Morgan fingerprint density at radius 2 is 1.88 bits per heavy atom. The Balaban J connectivity index is 1.31. The van der Waals surface area contributed by atoms with E-state index in [1.807, 2.05) is 6.21 Å². The van der Waals surface area contributed by atoms with Gasteiger partial charge in [-0.05, 0) is 30.9 Å². The number of nitrogens with one attached hydrogen (secondary N) is 2. The van der Waals surface area contributed by atoms with Crippen LogP contribution in [0.15, 0.2) is 35.4 Å². The number of carbonyl (C=O) groups excluding carboxylic acids is 1. The number of anilines is 1. The third kappa shape index (κ3) is 5.85. The molecule has 0 spiro atoms. The number of quaternary nitrogens is 1. The molecule has 2 aliphatic rings. The first-order valence-corrected chi connectivity index (χ1v) is 9.77. The average molecular weight is 343 g/mol. The maximum atomic E-state index is 12.0. The monoisotopic (exact) mass is 343 g/mol. The van der Waals surface area contributed by atoms with E-state index in [2.05, 4.69) is 45.8 Å². The largest absolute Gasteiger partial charge is 0.360 e. The summed E-state index contributed by atoms with van der Waals surface area (Å²) in [6.07, 6.45) is 8.87. The van der Waals surface area contributed by atoms with Crippen LogP contribution in [0.1, 0.15) is 38.5 Å². The zero-order valence-electron chi connectivity index (χ0n) is 15.1. The molecule has 3 rings (SSSR count). The number of nitrogens with zero attached hydrogens (tertiary/aromatic N) is 2. The topological polar surface area (TPSA) is 49.1 Å². The first kappa shape index (κ1) is 17.9. The van der Waals surface area contributed by atoms with E-state index in [1.54, 1.807) is 0 Å². The van der Waals surface area contributed by atoms with Crippen molar-refractivity contribution in [2.75, 3.05) is 37.6 Å². The zero-order chi connectivity index (χ0) is 17.3. The fraction of sp³-hybridized carbons (Fsp3) is 0.600. The fourth-order valence-electron chi connectivity index (χ4n) is 3.81. The predicted molar refractivity (Wildman–Crippen MR) is 102 cm³/mol. The molecule has 1 saturated carbocycles. The van der Waals surface area contributed by atoms with Gasteiger partial charge < -0.3 is 9.80 Å². The van der Waals surface area contributed by atoms with Gasteiger partial charge in [0.15, 0.2) is 0 Å². The van der Waals surface area contributed by atoms with Gasteiger partial charge in [-0.1, -0.05) is 37.5 Å². The Morgan fingerprint density at radius 3 is 2.60 bits per heavy atom. The smallest absolute Gasteiger partial charge is 0.245 e. The van der Waals surface area contributed by atoms with E-state index in [0.717, 1.165) is 32.7 Å². The van der Waals surface area contributed by atoms with Crippen molar-refractivity contribution in [1.29, 1.82) is 0 Å². The average Bonchev–Trinajstić information content (AvgIpc) is 2.68. The van der Waals surface area contributed by atoms with Crippen LogP contribution in [0.5, 0.6) is 0 Å². The van der Waals surface area contributed by atoms with Crippen LogP contribution < -0.4 is 15.2 Å². The van der Waals surface area contributed by atoms with Crippen molar-refractivity contribution in [3.63, 3.8) is 0 Å². The van der Waals surface area contributed by atoms with Gasteiger partial charge in [0.05, 0.1) is 39.1 Å². The number of para-hydroxylation sites is 1. The molecular formula is C20H31N4O+. The van der Waals surface area contributed by atoms with Gasteiger partial charge in [-0.25, -0.2) is 5.43 Å². The van der Waals surface area contributed by atoms with Crippen LogP contribution in [0, 0.1) is 5.92 Å². The summed E-state index contributed by atoms with van der Waals surface area (Å²) in [4.78, 5) is 15.9. The summed E-state index contributed by atoms with van der Waals surface area (Å²) >= 11 is 0. The summed E-state index contributed by atoms with van der Waals surface area (Å²) in [5.41, 5.74) is 4.01. The highest BCUT2D eigenvalue weighted by atomic mass is 16.2. The van der Waals surface area contributed by atoms with Crippen LogP contribution in [0.2, 0.25) is 0 Å². The summed E-state index contributed by atoms with van der Waals surface area (Å²) in [6, 6.07) is 10.6. The van der Waals surface area contributed by atoms with Crippen LogP contribution in [-0.2, 0) is 4.79 Å². The molecule has 0 atom stereocenters. The van der Waals surface area contributed by atoms with Gasteiger partial charge in [-0.2, -0.15) is 5.10 Å². The number of hydrogen-bond donors (Lipinski definition) is 2. The van der Waals surface area contributed by atoms with Crippen LogP contribution in [0.3, 0.4) is 0 Å². The van der Waals surface area contributed by atoms with Crippen molar-refractivity contribution in [2.24, 2.45) is 11.0 Å². The van der Waals surface area contributed by atoms with Gasteiger partial charge in [-0.3, -0.25) is 4.79 Å². The molecule has 1 saturated heterocycles. The minimum atomic E-state index is 0.0463. The second-order valence-corrected chi connectivity index (χ2v) is 7.28. The number of benzene rings is 1. The summed E-state index contributed by atoms with van der Waals surface area (Å²) in [5, 5.41) is 4.17. The van der Waals surface area contributed by atoms with Crippen molar-refractivity contribution in [2.45, 2.75) is 38.5 Å². The maximum absolute atomic E-state index is 12.0. The quantitative estimate of drug-likeness (QED) is 0.607. The Labute approximate surface area is 151 Å². The molecule has 1 aliphatic carbocycles. The van der Waals surface area contributed by atoms with Crippen molar-refractivity contribution < 1.29 is 9.69 Å². The van der Waals surface area contributed by atoms with Crippen molar-refractivity contribution >= 4 is 17.8 Å². The van der Waals surface area contributed by atoms with E-state index in [9.17, 15) is 4.79 Å². The Morgan fingerprint density at radius 1 is 1.16 bits per heavy atom. The van der Waals surface area contributed by atoms with Gasteiger partial charge >= 0.3 is 0 Å². The number of hydrogen-bond acceptors (Lipinski definition) is 3. The summed E-state index contributed by atoms with van der Waals surface area (Å²) in [7, 11) is 0. The van der Waals surface area contributed by atoms with Gasteiger partial charge in [0.1, 0.15) is 0 Å². The first-order valence-electron chi connectivity index (χ1n) is 9.77. The molecule has 1 aliphatic heterocycles. The normalized spacial score (nSPS) is 20.1. The summed E-state index contributed by atoms with van der Waals surface area (Å²) in [6.45, 7) is 5.19. The molecule has 5 heteroatoms. The highest BCUT2D eigenvalue weighted by Gasteiger charge is 2.20. The Kier molecular flexibility index (Phi) is 6.86. The number of hydrazone groups is 1. The molecule has 1 heterocycles. The zero-order valence-corrected chi connectivity index (χ0v) is 15.1. The standard InChI is InChI=1S/C20H30N4O/c25-20(22-21-17-18-7-3-1-4-8-18)11-12-23-13-15-24(16-14-23)19-9-5-2-6-10-19/h2,5-6,9-10,17-18H,1,3-4,7-8,11-16H2,(H,22,25)/p+1/b21-17-. The van der Waals surface area contributed by atoms with Gasteiger partial charge in [0.2, 0.25) is 5.91 Å². The van der Waals surface area contributed by atoms with Crippen LogP contribution in [0.4, 0.5) is 5.69 Å². The van der Waals surface area contributed by atoms with Crippen molar-refractivity contribution in [3.05, 3.63) is 30.3 Å². The van der Waals surface area contributed by atoms with Gasteiger partial charge in [-0.15, -0.1) is 0 Å². The van der Waals surface area contributed by atoms with E-state index in [1.165, 1.54) is 42.7 Å². The SMILES string of the molecule is O=C(CC[NH+]1CCN(c2ccccc2)CC1)N/N=C\C1CCCCC1. The van der Waals surface area contributed by atoms with E-state index < -0.39 is 0 Å². The molecule has 136 valence electrons. The van der Waals surface area contributed by atoms with Gasteiger partial charge in [0, 0.05) is 11.9 Å². The number of amides is 1. The second-order valence-electron chi connectivity index (χ2n) is 7.28. The number of rotatable bonds is 6.